The Labute approximate surface area is 115 Å². The van der Waals surface area contributed by atoms with Gasteiger partial charge in [-0.1, -0.05) is 6.92 Å². The summed E-state index contributed by atoms with van der Waals surface area (Å²) >= 11 is 0. The first-order chi connectivity index (χ1) is 9.00. The number of amides is 1. The van der Waals surface area contributed by atoms with Crippen LogP contribution < -0.4 is 0 Å². The molecule has 2 saturated heterocycles. The van der Waals surface area contributed by atoms with Crippen LogP contribution in [0, 0.1) is 22.7 Å². The monoisotopic (exact) mass is 265 g/mol. The zero-order valence-corrected chi connectivity index (χ0v) is 12.1. The number of hydrogen-bond acceptors (Lipinski definition) is 4. The van der Waals surface area contributed by atoms with Gasteiger partial charge < -0.3 is 14.5 Å². The van der Waals surface area contributed by atoms with Crippen molar-refractivity contribution in [2.75, 3.05) is 40.4 Å². The van der Waals surface area contributed by atoms with Crippen LogP contribution in [0.25, 0.3) is 0 Å². The van der Waals surface area contributed by atoms with Gasteiger partial charge in [0.15, 0.2) is 0 Å². The van der Waals surface area contributed by atoms with Crippen molar-refractivity contribution in [3.8, 4) is 6.07 Å². The van der Waals surface area contributed by atoms with Gasteiger partial charge in [-0.15, -0.1) is 0 Å². The van der Waals surface area contributed by atoms with E-state index in [0.717, 1.165) is 13.1 Å². The highest BCUT2D eigenvalue weighted by Crippen LogP contribution is 2.34. The van der Waals surface area contributed by atoms with E-state index in [1.165, 1.54) is 0 Å². The third kappa shape index (κ3) is 2.60. The van der Waals surface area contributed by atoms with Crippen molar-refractivity contribution in [2.45, 2.75) is 25.8 Å². The Morgan fingerprint density at radius 1 is 1.37 bits per heavy atom. The van der Waals surface area contributed by atoms with Crippen LogP contribution in [0.3, 0.4) is 0 Å². The molecule has 2 rings (SSSR count). The Morgan fingerprint density at radius 3 is 2.47 bits per heavy atom. The molecule has 0 radical (unpaired) electrons. The van der Waals surface area contributed by atoms with Crippen LogP contribution in [0.4, 0.5) is 0 Å². The number of hydrogen-bond donors (Lipinski definition) is 0. The number of ether oxygens (including phenoxy) is 1. The Bertz CT molecular complexity index is 383. The first-order valence-electron chi connectivity index (χ1n) is 6.95. The lowest BCUT2D eigenvalue weighted by atomic mass is 9.80. The molecular weight excluding hydrogens is 242 g/mol. The molecule has 2 aliphatic rings. The molecule has 0 bridgehead atoms. The van der Waals surface area contributed by atoms with E-state index in [0.29, 0.717) is 38.0 Å². The van der Waals surface area contributed by atoms with Gasteiger partial charge in [-0.3, -0.25) is 4.79 Å². The van der Waals surface area contributed by atoms with E-state index in [1.54, 1.807) is 0 Å². The van der Waals surface area contributed by atoms with Crippen LogP contribution in [0.1, 0.15) is 19.8 Å². The van der Waals surface area contributed by atoms with Gasteiger partial charge in [-0.25, -0.2) is 0 Å². The zero-order chi connectivity index (χ0) is 14.0. The molecule has 0 aromatic heterocycles. The second-order valence-corrected chi connectivity index (χ2v) is 6.02. The molecule has 5 nitrogen and oxygen atoms in total. The molecule has 19 heavy (non-hydrogen) atoms. The lowest BCUT2D eigenvalue weighted by Crippen LogP contribution is -2.46. The van der Waals surface area contributed by atoms with E-state index in [4.69, 9.17) is 4.74 Å². The van der Waals surface area contributed by atoms with E-state index >= 15 is 0 Å². The number of rotatable bonds is 2. The third-order valence-electron chi connectivity index (χ3n) is 4.49. The Morgan fingerprint density at radius 2 is 2.00 bits per heavy atom. The molecule has 0 N–H and O–H groups in total. The van der Waals surface area contributed by atoms with Crippen LogP contribution in [-0.2, 0) is 9.53 Å². The molecule has 0 aliphatic carbocycles. The van der Waals surface area contributed by atoms with Crippen LogP contribution in [0.2, 0.25) is 0 Å². The molecule has 2 unspecified atom stereocenters. The van der Waals surface area contributed by atoms with E-state index in [9.17, 15) is 10.1 Å². The van der Waals surface area contributed by atoms with Gasteiger partial charge >= 0.3 is 0 Å². The molecule has 2 atom stereocenters. The highest BCUT2D eigenvalue weighted by atomic mass is 16.5. The molecule has 0 spiro atoms. The molecule has 2 aliphatic heterocycles. The van der Waals surface area contributed by atoms with Gasteiger partial charge in [0.05, 0.1) is 6.07 Å². The number of likely N-dealkylation sites (tertiary alicyclic amines) is 1. The number of nitriles is 1. The first kappa shape index (κ1) is 14.3. The predicted molar refractivity (Wildman–Crippen MR) is 71.3 cm³/mol. The molecule has 2 fully saturated rings. The summed E-state index contributed by atoms with van der Waals surface area (Å²) < 4.78 is 5.29. The molecule has 1 amide bonds. The summed E-state index contributed by atoms with van der Waals surface area (Å²) in [7, 11) is 4.09. The first-order valence-corrected chi connectivity index (χ1v) is 6.95. The lowest BCUT2D eigenvalue weighted by molar-refractivity contribution is -0.142. The van der Waals surface area contributed by atoms with Gasteiger partial charge in [0.25, 0.3) is 0 Å². The van der Waals surface area contributed by atoms with Crippen molar-refractivity contribution in [2.24, 2.45) is 11.3 Å². The van der Waals surface area contributed by atoms with Gasteiger partial charge in [0.2, 0.25) is 5.91 Å². The van der Waals surface area contributed by atoms with Crippen LogP contribution in [0.5, 0.6) is 0 Å². The van der Waals surface area contributed by atoms with Crippen molar-refractivity contribution in [1.82, 2.24) is 9.80 Å². The SMILES string of the molecule is CC1CN(C(=O)C2(C#N)CCOCC2)CC1N(C)C. The fourth-order valence-corrected chi connectivity index (χ4v) is 3.18. The zero-order valence-electron chi connectivity index (χ0n) is 12.1. The molecule has 2 heterocycles. The van der Waals surface area contributed by atoms with Gasteiger partial charge in [0.1, 0.15) is 5.41 Å². The second-order valence-electron chi connectivity index (χ2n) is 6.02. The fourth-order valence-electron chi connectivity index (χ4n) is 3.18. The molecule has 5 heteroatoms. The van der Waals surface area contributed by atoms with Gasteiger partial charge in [0, 0.05) is 32.3 Å². The number of carbonyl (C=O) groups excluding carboxylic acids is 1. The average Bonchev–Trinajstić information content (AvgIpc) is 2.81. The molecular formula is C14H23N3O2. The summed E-state index contributed by atoms with van der Waals surface area (Å²) in [4.78, 5) is 16.7. The van der Waals surface area contributed by atoms with Gasteiger partial charge in [-0.05, 0) is 32.9 Å². The van der Waals surface area contributed by atoms with Crippen LogP contribution >= 0.6 is 0 Å². The van der Waals surface area contributed by atoms with E-state index in [1.807, 2.05) is 19.0 Å². The topological polar surface area (TPSA) is 56.6 Å². The lowest BCUT2D eigenvalue weighted by Gasteiger charge is -2.33. The fraction of sp³-hybridized carbons (Fsp3) is 0.857. The quantitative estimate of drug-likeness (QED) is 0.738. The van der Waals surface area contributed by atoms with Crippen LogP contribution in [0.15, 0.2) is 0 Å². The maximum Gasteiger partial charge on any atom is 0.243 e. The average molecular weight is 265 g/mol. The minimum Gasteiger partial charge on any atom is -0.381 e. The standard InChI is InChI=1S/C14H23N3O2/c1-11-8-17(9-12(11)16(2)3)13(18)14(10-15)4-6-19-7-5-14/h11-12H,4-9H2,1-3H3. The minimum absolute atomic E-state index is 0.00880. The van der Waals surface area contributed by atoms with E-state index in [2.05, 4.69) is 17.9 Å². The Hall–Kier alpha value is -1.12. The summed E-state index contributed by atoms with van der Waals surface area (Å²) in [6.07, 6.45) is 1.06. The Kier molecular flexibility index (Phi) is 4.12. The highest BCUT2D eigenvalue weighted by Gasteiger charge is 2.46. The summed E-state index contributed by atoms with van der Waals surface area (Å²) in [6.45, 7) is 4.68. The second kappa shape index (κ2) is 5.48. The van der Waals surface area contributed by atoms with Crippen molar-refractivity contribution in [3.05, 3.63) is 0 Å². The summed E-state index contributed by atoms with van der Waals surface area (Å²) in [5.41, 5.74) is -0.848. The molecule has 0 saturated carbocycles. The largest absolute Gasteiger partial charge is 0.381 e. The number of nitrogens with zero attached hydrogens (tertiary/aromatic N) is 3. The van der Waals surface area contributed by atoms with Gasteiger partial charge in [-0.2, -0.15) is 5.26 Å². The van der Waals surface area contributed by atoms with E-state index in [-0.39, 0.29) is 5.91 Å². The van der Waals surface area contributed by atoms with Crippen molar-refractivity contribution in [1.29, 1.82) is 5.26 Å². The third-order valence-corrected chi connectivity index (χ3v) is 4.49. The molecule has 0 aromatic carbocycles. The summed E-state index contributed by atoms with van der Waals surface area (Å²) in [5, 5.41) is 9.45. The Balaban J connectivity index is 2.10. The minimum atomic E-state index is -0.848. The molecule has 0 aromatic rings. The summed E-state index contributed by atoms with van der Waals surface area (Å²) in [6, 6.07) is 2.66. The smallest absolute Gasteiger partial charge is 0.243 e. The molecule has 106 valence electrons. The van der Waals surface area contributed by atoms with Crippen molar-refractivity contribution >= 4 is 5.91 Å². The van der Waals surface area contributed by atoms with Crippen molar-refractivity contribution in [3.63, 3.8) is 0 Å². The normalized spacial score (nSPS) is 30.4. The maximum atomic E-state index is 12.7. The predicted octanol–water partition coefficient (Wildman–Crippen LogP) is 0.715. The maximum absolute atomic E-state index is 12.7. The van der Waals surface area contributed by atoms with Crippen molar-refractivity contribution < 1.29 is 9.53 Å². The van der Waals surface area contributed by atoms with Crippen LogP contribution in [-0.4, -0.2) is 62.1 Å². The number of carbonyl (C=O) groups is 1. The van der Waals surface area contributed by atoms with E-state index < -0.39 is 5.41 Å². The summed E-state index contributed by atoms with van der Waals surface area (Å²) in [5.74, 6) is 0.462. The highest BCUT2D eigenvalue weighted by molar-refractivity contribution is 5.86. The number of likely N-dealkylation sites (N-methyl/N-ethyl adjacent to an activating group) is 1.